The highest BCUT2D eigenvalue weighted by Gasteiger charge is 2.28. The smallest absolute Gasteiger partial charge is 0.341 e. The lowest BCUT2D eigenvalue weighted by molar-refractivity contribution is 0.0505. The highest BCUT2D eigenvalue weighted by Crippen LogP contribution is 2.39. The summed E-state index contributed by atoms with van der Waals surface area (Å²) in [5.74, 6) is -0.621. The fraction of sp³-hybridized carbons (Fsp3) is 0.333. The van der Waals surface area contributed by atoms with E-state index in [0.29, 0.717) is 28.4 Å². The van der Waals surface area contributed by atoms with Crippen molar-refractivity contribution in [1.82, 2.24) is 14.8 Å². The molecule has 5 rings (SSSR count). The molecule has 3 aromatic heterocycles. The third kappa shape index (κ3) is 4.58. The number of pyridine rings is 1. The van der Waals surface area contributed by atoms with Crippen molar-refractivity contribution in [2.24, 2.45) is 0 Å². The van der Waals surface area contributed by atoms with Crippen LogP contribution >= 0.6 is 11.3 Å². The third-order valence-electron chi connectivity index (χ3n) is 6.25. The average molecular weight is 489 g/mol. The normalized spacial score (nSPS) is 13.0. The van der Waals surface area contributed by atoms with Crippen LogP contribution in [0.1, 0.15) is 64.3 Å². The van der Waals surface area contributed by atoms with Crippen LogP contribution in [0, 0.1) is 0 Å². The Morgan fingerprint density at radius 2 is 2.00 bits per heavy atom. The van der Waals surface area contributed by atoms with E-state index in [0.717, 1.165) is 60.7 Å². The Bertz CT molecular complexity index is 1400. The van der Waals surface area contributed by atoms with E-state index < -0.39 is 0 Å². The van der Waals surface area contributed by atoms with Crippen molar-refractivity contribution in [1.29, 1.82) is 0 Å². The molecule has 0 spiro atoms. The van der Waals surface area contributed by atoms with Crippen LogP contribution in [0.4, 0.5) is 5.00 Å². The molecule has 0 atom stereocenters. The average Bonchev–Trinajstić information content (AvgIpc) is 3.51. The monoisotopic (exact) mass is 488 g/mol. The Labute approximate surface area is 208 Å². The maximum absolute atomic E-state index is 13.7. The first-order valence-corrected chi connectivity index (χ1v) is 13.0. The molecule has 3 heterocycles. The molecule has 1 aliphatic carbocycles. The van der Waals surface area contributed by atoms with Crippen molar-refractivity contribution >= 4 is 39.1 Å². The van der Waals surface area contributed by atoms with Gasteiger partial charge in [0.15, 0.2) is 0 Å². The summed E-state index contributed by atoms with van der Waals surface area (Å²) in [4.78, 5) is 32.6. The lowest BCUT2D eigenvalue weighted by atomic mass is 9.95. The van der Waals surface area contributed by atoms with Crippen molar-refractivity contribution in [3.8, 4) is 11.3 Å². The standard InChI is InChI=1S/C27H28N4O3S/c1-3-13-34-27(33)24-19-10-6-8-12-23(19)35-26(24)30-25(32)20-14-22(17-15-28-31(4-2)16-17)29-21-11-7-5-9-18(20)21/h5,7,9,11,14-16H,3-4,6,8,10,12-13H2,1-2H3,(H,30,32). The van der Waals surface area contributed by atoms with E-state index in [1.54, 1.807) is 12.3 Å². The largest absolute Gasteiger partial charge is 0.462 e. The van der Waals surface area contributed by atoms with Gasteiger partial charge in [0, 0.05) is 28.6 Å². The third-order valence-corrected chi connectivity index (χ3v) is 7.46. The highest BCUT2D eigenvalue weighted by molar-refractivity contribution is 7.17. The molecule has 35 heavy (non-hydrogen) atoms. The van der Waals surface area contributed by atoms with E-state index in [1.807, 2.05) is 49.0 Å². The first kappa shape index (κ1) is 23.2. The Morgan fingerprint density at radius 3 is 2.80 bits per heavy atom. The Balaban J connectivity index is 1.55. The zero-order valence-electron chi connectivity index (χ0n) is 20.0. The number of amides is 1. The molecule has 7 nitrogen and oxygen atoms in total. The number of rotatable bonds is 7. The number of benzene rings is 1. The van der Waals surface area contributed by atoms with E-state index in [-0.39, 0.29) is 11.9 Å². The maximum Gasteiger partial charge on any atom is 0.341 e. The van der Waals surface area contributed by atoms with Crippen LogP contribution in [0.2, 0.25) is 0 Å². The number of carbonyl (C=O) groups is 2. The van der Waals surface area contributed by atoms with Gasteiger partial charge in [-0.05, 0) is 56.7 Å². The van der Waals surface area contributed by atoms with E-state index >= 15 is 0 Å². The summed E-state index contributed by atoms with van der Waals surface area (Å²) in [6.45, 7) is 5.10. The molecule has 0 saturated heterocycles. The number of hydrogen-bond acceptors (Lipinski definition) is 6. The molecule has 0 aliphatic heterocycles. The van der Waals surface area contributed by atoms with E-state index in [2.05, 4.69) is 10.4 Å². The Hall–Kier alpha value is -3.52. The number of para-hydroxylation sites is 1. The van der Waals surface area contributed by atoms with Gasteiger partial charge in [-0.15, -0.1) is 11.3 Å². The SMILES string of the molecule is CCCOC(=O)c1c(NC(=O)c2cc(-c3cnn(CC)c3)nc3ccccc23)sc2c1CCCC2. The first-order chi connectivity index (χ1) is 17.1. The van der Waals surface area contributed by atoms with Crippen LogP contribution < -0.4 is 5.32 Å². The van der Waals surface area contributed by atoms with Gasteiger partial charge in [0.05, 0.1) is 35.1 Å². The quantitative estimate of drug-likeness (QED) is 0.329. The Morgan fingerprint density at radius 1 is 1.17 bits per heavy atom. The fourth-order valence-electron chi connectivity index (χ4n) is 4.49. The lowest BCUT2D eigenvalue weighted by Crippen LogP contribution is -2.16. The zero-order valence-corrected chi connectivity index (χ0v) is 20.8. The summed E-state index contributed by atoms with van der Waals surface area (Å²) in [6.07, 6.45) is 8.32. The molecule has 180 valence electrons. The van der Waals surface area contributed by atoms with E-state index in [1.165, 1.54) is 16.2 Å². The number of hydrogen-bond donors (Lipinski definition) is 1. The van der Waals surface area contributed by atoms with Crippen molar-refractivity contribution in [3.05, 3.63) is 64.3 Å². The zero-order chi connectivity index (χ0) is 24.4. The molecule has 1 aromatic carbocycles. The van der Waals surface area contributed by atoms with Gasteiger partial charge in [0.25, 0.3) is 5.91 Å². The molecule has 0 radical (unpaired) electrons. The van der Waals surface area contributed by atoms with Crippen LogP contribution in [0.5, 0.6) is 0 Å². The van der Waals surface area contributed by atoms with Crippen molar-refractivity contribution in [3.63, 3.8) is 0 Å². The lowest BCUT2D eigenvalue weighted by Gasteiger charge is -2.13. The molecule has 1 aliphatic rings. The number of esters is 1. The predicted octanol–water partition coefficient (Wildman–Crippen LogP) is 5.88. The molecule has 0 saturated carbocycles. The number of thiophene rings is 1. The van der Waals surface area contributed by atoms with Gasteiger partial charge in [-0.2, -0.15) is 5.10 Å². The first-order valence-electron chi connectivity index (χ1n) is 12.1. The van der Waals surface area contributed by atoms with Crippen LogP contribution in [-0.2, 0) is 24.1 Å². The summed E-state index contributed by atoms with van der Waals surface area (Å²) < 4.78 is 7.32. The number of aryl methyl sites for hydroxylation is 2. The second-order valence-electron chi connectivity index (χ2n) is 8.66. The molecule has 8 heteroatoms. The minimum Gasteiger partial charge on any atom is -0.462 e. The van der Waals surface area contributed by atoms with Gasteiger partial charge in [0.2, 0.25) is 0 Å². The fourth-order valence-corrected chi connectivity index (χ4v) is 5.76. The van der Waals surface area contributed by atoms with Crippen LogP contribution in [0.25, 0.3) is 22.2 Å². The number of nitrogens with zero attached hydrogens (tertiary/aromatic N) is 3. The van der Waals surface area contributed by atoms with E-state index in [4.69, 9.17) is 9.72 Å². The number of anilines is 1. The minimum absolute atomic E-state index is 0.268. The van der Waals surface area contributed by atoms with Crippen molar-refractivity contribution in [2.75, 3.05) is 11.9 Å². The van der Waals surface area contributed by atoms with Gasteiger partial charge in [-0.25, -0.2) is 9.78 Å². The maximum atomic E-state index is 13.7. The summed E-state index contributed by atoms with van der Waals surface area (Å²) >= 11 is 1.50. The number of carbonyl (C=O) groups excluding carboxylic acids is 2. The van der Waals surface area contributed by atoms with Crippen LogP contribution in [0.3, 0.4) is 0 Å². The number of aromatic nitrogens is 3. The minimum atomic E-state index is -0.353. The summed E-state index contributed by atoms with van der Waals surface area (Å²) in [7, 11) is 0. The molecule has 1 N–H and O–H groups in total. The Kier molecular flexibility index (Phi) is 6.63. The van der Waals surface area contributed by atoms with Crippen molar-refractivity contribution in [2.45, 2.75) is 52.5 Å². The van der Waals surface area contributed by atoms with Crippen LogP contribution in [0.15, 0.2) is 42.7 Å². The van der Waals surface area contributed by atoms with Crippen molar-refractivity contribution < 1.29 is 14.3 Å². The number of fused-ring (bicyclic) bond motifs is 2. The summed E-state index contributed by atoms with van der Waals surface area (Å²) in [6, 6.07) is 9.40. The van der Waals surface area contributed by atoms with Gasteiger partial charge in [0.1, 0.15) is 5.00 Å². The molecule has 4 aromatic rings. The number of nitrogens with one attached hydrogen (secondary N) is 1. The second kappa shape index (κ2) is 10.00. The molecular weight excluding hydrogens is 460 g/mol. The number of ether oxygens (including phenoxy) is 1. The highest BCUT2D eigenvalue weighted by atomic mass is 32.1. The molecule has 0 fully saturated rings. The van der Waals surface area contributed by atoms with E-state index in [9.17, 15) is 9.59 Å². The van der Waals surface area contributed by atoms with Gasteiger partial charge in [-0.1, -0.05) is 25.1 Å². The summed E-state index contributed by atoms with van der Waals surface area (Å²) in [5.41, 5.74) is 4.32. The van der Waals surface area contributed by atoms with Gasteiger partial charge in [-0.3, -0.25) is 9.48 Å². The molecule has 0 unspecified atom stereocenters. The second-order valence-corrected chi connectivity index (χ2v) is 9.77. The van der Waals surface area contributed by atoms with Gasteiger partial charge >= 0.3 is 5.97 Å². The topological polar surface area (TPSA) is 86.1 Å². The van der Waals surface area contributed by atoms with Crippen LogP contribution in [-0.4, -0.2) is 33.2 Å². The molecule has 0 bridgehead atoms. The molecule has 1 amide bonds. The predicted molar refractivity (Wildman–Crippen MR) is 138 cm³/mol. The van der Waals surface area contributed by atoms with Gasteiger partial charge < -0.3 is 10.1 Å². The summed E-state index contributed by atoms with van der Waals surface area (Å²) in [5, 5.41) is 8.74. The molecular formula is C27H28N4O3S.